The maximum atomic E-state index is 12.3. The van der Waals surface area contributed by atoms with E-state index in [-0.39, 0.29) is 12.0 Å². The Morgan fingerprint density at radius 3 is 2.80 bits per heavy atom. The van der Waals surface area contributed by atoms with Gasteiger partial charge in [0.1, 0.15) is 11.6 Å². The maximum absolute atomic E-state index is 12.3. The monoisotopic (exact) mass is 329 g/mol. The molecule has 3 rings (SSSR count). The van der Waals surface area contributed by atoms with Crippen LogP contribution in [-0.2, 0) is 0 Å². The van der Waals surface area contributed by atoms with Crippen LogP contribution < -0.4 is 4.74 Å². The summed E-state index contributed by atoms with van der Waals surface area (Å²) in [4.78, 5) is 14.8. The largest absolute Gasteiger partial charge is 0.465 e. The highest BCUT2D eigenvalue weighted by Gasteiger charge is 2.25. The predicted molar refractivity (Wildman–Crippen MR) is 78.8 cm³/mol. The molecule has 0 atom stereocenters. The summed E-state index contributed by atoms with van der Waals surface area (Å²) in [5, 5.41) is 8.21. The molecule has 1 aliphatic rings. The number of rotatable bonds is 3. The number of carbonyl (C=O) groups is 1. The Labute approximate surface area is 129 Å². The number of hydrogen-bond donors (Lipinski definition) is 0. The van der Waals surface area contributed by atoms with Crippen molar-refractivity contribution in [1.29, 1.82) is 0 Å². The summed E-state index contributed by atoms with van der Waals surface area (Å²) in [5.74, 6) is 0.0521. The Hall–Kier alpha value is -1.18. The summed E-state index contributed by atoms with van der Waals surface area (Å²) in [6.45, 7) is 1.38. The zero-order valence-electron chi connectivity index (χ0n) is 10.5. The van der Waals surface area contributed by atoms with Crippen molar-refractivity contribution in [3.8, 4) is 5.19 Å². The number of halogens is 1. The van der Waals surface area contributed by atoms with Gasteiger partial charge in [0.05, 0.1) is 9.21 Å². The smallest absolute Gasteiger partial charge is 0.294 e. The van der Waals surface area contributed by atoms with E-state index < -0.39 is 0 Å². The number of ether oxygens (including phenoxy) is 1. The van der Waals surface area contributed by atoms with Crippen LogP contribution in [0.15, 0.2) is 17.6 Å². The minimum Gasteiger partial charge on any atom is -0.465 e. The van der Waals surface area contributed by atoms with Crippen LogP contribution in [0.1, 0.15) is 22.5 Å². The molecule has 2 aromatic rings. The fourth-order valence-electron chi connectivity index (χ4n) is 2.12. The minimum absolute atomic E-state index is 0.0521. The van der Waals surface area contributed by atoms with Gasteiger partial charge in [0.2, 0.25) is 0 Å². The molecule has 0 radical (unpaired) electrons. The summed E-state index contributed by atoms with van der Waals surface area (Å²) < 4.78 is 6.36. The minimum atomic E-state index is 0.0521. The predicted octanol–water partition coefficient (Wildman–Crippen LogP) is 2.94. The number of aromatic nitrogens is 2. The van der Waals surface area contributed by atoms with E-state index in [4.69, 9.17) is 16.3 Å². The first-order valence-electron chi connectivity index (χ1n) is 6.20. The molecule has 0 saturated carbocycles. The molecule has 1 aliphatic heterocycles. The van der Waals surface area contributed by atoms with Crippen molar-refractivity contribution < 1.29 is 9.53 Å². The lowest BCUT2D eigenvalue weighted by atomic mass is 10.1. The average Bonchev–Trinajstić information content (AvgIpc) is 3.10. The Bertz CT molecular complexity index is 579. The highest BCUT2D eigenvalue weighted by molar-refractivity contribution is 7.18. The van der Waals surface area contributed by atoms with Crippen LogP contribution in [0.5, 0.6) is 5.19 Å². The SMILES string of the molecule is O=C(c1ccc(Cl)s1)N1CCC(Oc2nncs2)CC1. The molecule has 1 amide bonds. The van der Waals surface area contributed by atoms with Crippen LogP contribution in [0.2, 0.25) is 4.34 Å². The summed E-state index contributed by atoms with van der Waals surface area (Å²) in [5.41, 5.74) is 1.65. The normalized spacial score (nSPS) is 16.4. The van der Waals surface area contributed by atoms with Crippen LogP contribution in [-0.4, -0.2) is 40.2 Å². The molecule has 0 spiro atoms. The number of amides is 1. The third-order valence-electron chi connectivity index (χ3n) is 3.12. The molecule has 0 N–H and O–H groups in total. The van der Waals surface area contributed by atoms with Crippen LogP contribution in [0.3, 0.4) is 0 Å². The fourth-order valence-corrected chi connectivity index (χ4v) is 3.60. The van der Waals surface area contributed by atoms with Gasteiger partial charge < -0.3 is 9.64 Å². The summed E-state index contributed by atoms with van der Waals surface area (Å²) in [6, 6.07) is 3.53. The maximum Gasteiger partial charge on any atom is 0.294 e. The van der Waals surface area contributed by atoms with E-state index >= 15 is 0 Å². The average molecular weight is 330 g/mol. The fraction of sp³-hybridized carbons (Fsp3) is 0.417. The van der Waals surface area contributed by atoms with E-state index in [0.717, 1.165) is 12.8 Å². The van der Waals surface area contributed by atoms with E-state index in [1.54, 1.807) is 17.6 Å². The van der Waals surface area contributed by atoms with E-state index in [1.165, 1.54) is 22.7 Å². The second-order valence-corrected chi connectivity index (χ2v) is 6.93. The van der Waals surface area contributed by atoms with Gasteiger partial charge >= 0.3 is 0 Å². The van der Waals surface area contributed by atoms with Crippen molar-refractivity contribution in [2.75, 3.05) is 13.1 Å². The van der Waals surface area contributed by atoms with Gasteiger partial charge in [-0.25, -0.2) is 0 Å². The number of likely N-dealkylation sites (tertiary alicyclic amines) is 1. The van der Waals surface area contributed by atoms with Gasteiger partial charge in [-0.3, -0.25) is 4.79 Å². The first kappa shape index (κ1) is 13.8. The van der Waals surface area contributed by atoms with Gasteiger partial charge in [-0.15, -0.1) is 21.5 Å². The van der Waals surface area contributed by atoms with Crippen molar-refractivity contribution in [2.24, 2.45) is 0 Å². The van der Waals surface area contributed by atoms with Gasteiger partial charge in [0.25, 0.3) is 11.1 Å². The third kappa shape index (κ3) is 3.11. The molecule has 0 bridgehead atoms. The quantitative estimate of drug-likeness (QED) is 0.868. The van der Waals surface area contributed by atoms with Gasteiger partial charge in [-0.05, 0) is 12.1 Å². The first-order valence-corrected chi connectivity index (χ1v) is 8.27. The Morgan fingerprint density at radius 1 is 1.40 bits per heavy atom. The summed E-state index contributed by atoms with van der Waals surface area (Å²) in [6.07, 6.45) is 1.73. The van der Waals surface area contributed by atoms with Crippen molar-refractivity contribution >= 4 is 40.2 Å². The van der Waals surface area contributed by atoms with Crippen LogP contribution in [0.4, 0.5) is 0 Å². The molecule has 0 aliphatic carbocycles. The first-order chi connectivity index (χ1) is 9.72. The van der Waals surface area contributed by atoms with Crippen LogP contribution >= 0.6 is 34.3 Å². The van der Waals surface area contributed by atoms with Crippen LogP contribution in [0, 0.1) is 0 Å². The molecule has 106 valence electrons. The molecule has 1 saturated heterocycles. The van der Waals surface area contributed by atoms with Crippen molar-refractivity contribution in [2.45, 2.75) is 18.9 Å². The van der Waals surface area contributed by atoms with E-state index in [9.17, 15) is 4.79 Å². The second kappa shape index (κ2) is 6.07. The number of hydrogen-bond acceptors (Lipinski definition) is 6. The molecule has 1 fully saturated rings. The van der Waals surface area contributed by atoms with Crippen molar-refractivity contribution in [3.05, 3.63) is 26.9 Å². The molecule has 0 aromatic carbocycles. The van der Waals surface area contributed by atoms with Gasteiger partial charge in [0, 0.05) is 25.9 Å². The molecular formula is C12H12ClN3O2S2. The molecule has 8 heteroatoms. The zero-order chi connectivity index (χ0) is 13.9. The molecule has 0 unspecified atom stereocenters. The highest BCUT2D eigenvalue weighted by Crippen LogP contribution is 2.25. The highest BCUT2D eigenvalue weighted by atomic mass is 35.5. The van der Waals surface area contributed by atoms with E-state index in [0.29, 0.717) is 27.5 Å². The van der Waals surface area contributed by atoms with E-state index in [2.05, 4.69) is 10.2 Å². The van der Waals surface area contributed by atoms with E-state index in [1.807, 2.05) is 4.90 Å². The molecule has 20 heavy (non-hydrogen) atoms. The summed E-state index contributed by atoms with van der Waals surface area (Å²) >= 11 is 8.57. The van der Waals surface area contributed by atoms with Gasteiger partial charge in [-0.2, -0.15) is 0 Å². The Balaban J connectivity index is 1.54. The lowest BCUT2D eigenvalue weighted by Gasteiger charge is -2.31. The lowest BCUT2D eigenvalue weighted by molar-refractivity contribution is 0.0598. The van der Waals surface area contributed by atoms with Gasteiger partial charge in [0.15, 0.2) is 0 Å². The number of nitrogens with zero attached hydrogens (tertiary/aromatic N) is 3. The standard InChI is InChI=1S/C12H12ClN3O2S2/c13-10-2-1-9(20-10)11(17)16-5-3-8(4-6-16)18-12-15-14-7-19-12/h1-2,7-8H,3-6H2. The number of thiophene rings is 1. The summed E-state index contributed by atoms with van der Waals surface area (Å²) in [7, 11) is 0. The molecule has 5 nitrogen and oxygen atoms in total. The molecule has 3 heterocycles. The number of piperidine rings is 1. The van der Waals surface area contributed by atoms with Gasteiger partial charge in [-0.1, -0.05) is 22.9 Å². The van der Waals surface area contributed by atoms with Crippen LogP contribution in [0.25, 0.3) is 0 Å². The Morgan fingerprint density at radius 2 is 2.20 bits per heavy atom. The molecule has 2 aromatic heterocycles. The molecular weight excluding hydrogens is 318 g/mol. The topological polar surface area (TPSA) is 55.3 Å². The number of carbonyl (C=O) groups excluding carboxylic acids is 1. The Kier molecular flexibility index (Phi) is 4.18. The van der Waals surface area contributed by atoms with Crippen molar-refractivity contribution in [1.82, 2.24) is 15.1 Å². The third-order valence-corrected chi connectivity index (χ3v) is 4.92. The second-order valence-electron chi connectivity index (χ2n) is 4.42. The van der Waals surface area contributed by atoms with Crippen molar-refractivity contribution in [3.63, 3.8) is 0 Å². The zero-order valence-corrected chi connectivity index (χ0v) is 12.9. The lowest BCUT2D eigenvalue weighted by Crippen LogP contribution is -2.41.